The van der Waals surface area contributed by atoms with Gasteiger partial charge in [0.1, 0.15) is 6.04 Å². The van der Waals surface area contributed by atoms with Crippen molar-refractivity contribution >= 4 is 23.6 Å². The number of likely N-dealkylation sites (tertiary alicyclic amines) is 1. The van der Waals surface area contributed by atoms with Crippen LogP contribution in [0, 0.1) is 17.8 Å². The van der Waals surface area contributed by atoms with E-state index >= 15 is 0 Å². The predicted octanol–water partition coefficient (Wildman–Crippen LogP) is 2.87. The summed E-state index contributed by atoms with van der Waals surface area (Å²) in [7, 11) is 0. The number of thioether (sulfide) groups is 1. The number of carbonyl (C=O) groups is 2. The van der Waals surface area contributed by atoms with E-state index in [9.17, 15) is 14.7 Å². The highest BCUT2D eigenvalue weighted by Gasteiger charge is 2.45. The SMILES string of the molecule is CC1CCC(O)C(C2CCCN2C(=O)C2CSCN2C(=O)C2CCCC2)C1. The van der Waals surface area contributed by atoms with Gasteiger partial charge in [0.2, 0.25) is 11.8 Å². The Morgan fingerprint density at radius 3 is 2.52 bits per heavy atom. The molecule has 5 atom stereocenters. The topological polar surface area (TPSA) is 60.9 Å². The first kappa shape index (κ1) is 19.6. The standard InChI is InChI=1S/C21H34N2O3S/c1-14-8-9-19(24)16(11-14)17-7-4-10-22(17)21(26)18-12-27-13-23(18)20(25)15-5-2-3-6-15/h14-19,24H,2-13H2,1H3. The first-order valence-corrected chi connectivity index (χ1v) is 12.1. The van der Waals surface area contributed by atoms with Crippen molar-refractivity contribution in [3.05, 3.63) is 0 Å². The van der Waals surface area contributed by atoms with E-state index in [1.165, 1.54) is 0 Å². The minimum absolute atomic E-state index is 0.134. The van der Waals surface area contributed by atoms with Gasteiger partial charge < -0.3 is 14.9 Å². The zero-order valence-electron chi connectivity index (χ0n) is 16.5. The van der Waals surface area contributed by atoms with Crippen LogP contribution in [0.2, 0.25) is 0 Å². The maximum absolute atomic E-state index is 13.5. The lowest BCUT2D eigenvalue weighted by atomic mass is 9.76. The highest BCUT2D eigenvalue weighted by atomic mass is 32.2. The molecule has 5 nitrogen and oxygen atoms in total. The molecule has 4 rings (SSSR count). The van der Waals surface area contributed by atoms with Gasteiger partial charge in [-0.05, 0) is 50.9 Å². The maximum atomic E-state index is 13.5. The van der Waals surface area contributed by atoms with Gasteiger partial charge in [0.25, 0.3) is 0 Å². The summed E-state index contributed by atoms with van der Waals surface area (Å²) in [4.78, 5) is 30.3. The molecule has 2 saturated heterocycles. The lowest BCUT2D eigenvalue weighted by Crippen LogP contribution is -2.54. The fraction of sp³-hybridized carbons (Fsp3) is 0.905. The number of rotatable bonds is 3. The molecule has 2 aliphatic heterocycles. The predicted molar refractivity (Wildman–Crippen MR) is 107 cm³/mol. The zero-order chi connectivity index (χ0) is 19.0. The van der Waals surface area contributed by atoms with E-state index in [0.717, 1.165) is 70.1 Å². The molecule has 5 unspecified atom stereocenters. The monoisotopic (exact) mass is 394 g/mol. The molecule has 0 radical (unpaired) electrons. The summed E-state index contributed by atoms with van der Waals surface area (Å²) in [6.07, 6.45) is 8.94. The molecule has 4 aliphatic rings. The summed E-state index contributed by atoms with van der Waals surface area (Å²) in [6, 6.07) is -0.133. The minimum Gasteiger partial charge on any atom is -0.393 e. The Bertz CT molecular complexity index is 566. The van der Waals surface area contributed by atoms with Crippen LogP contribution in [0.25, 0.3) is 0 Å². The lowest BCUT2D eigenvalue weighted by Gasteiger charge is -2.40. The Hall–Kier alpha value is -0.750. The van der Waals surface area contributed by atoms with Crippen LogP contribution in [0.3, 0.4) is 0 Å². The van der Waals surface area contributed by atoms with Crippen LogP contribution in [0.5, 0.6) is 0 Å². The quantitative estimate of drug-likeness (QED) is 0.800. The van der Waals surface area contributed by atoms with Crippen LogP contribution in [-0.4, -0.2) is 63.1 Å². The first-order valence-electron chi connectivity index (χ1n) is 10.9. The molecule has 2 aliphatic carbocycles. The van der Waals surface area contributed by atoms with Crippen molar-refractivity contribution in [2.45, 2.75) is 82.9 Å². The van der Waals surface area contributed by atoms with Crippen molar-refractivity contribution in [1.29, 1.82) is 0 Å². The molecular weight excluding hydrogens is 360 g/mol. The van der Waals surface area contributed by atoms with Gasteiger partial charge >= 0.3 is 0 Å². The fourth-order valence-electron chi connectivity index (χ4n) is 5.80. The number of hydrogen-bond donors (Lipinski definition) is 1. The third-order valence-electron chi connectivity index (χ3n) is 7.36. The lowest BCUT2D eigenvalue weighted by molar-refractivity contribution is -0.147. The summed E-state index contributed by atoms with van der Waals surface area (Å²) < 4.78 is 0. The van der Waals surface area contributed by atoms with Crippen molar-refractivity contribution in [1.82, 2.24) is 9.80 Å². The molecule has 4 fully saturated rings. The third kappa shape index (κ3) is 3.89. The molecule has 2 amide bonds. The van der Waals surface area contributed by atoms with Gasteiger partial charge in [-0.15, -0.1) is 11.8 Å². The zero-order valence-corrected chi connectivity index (χ0v) is 17.3. The number of aliphatic hydroxyl groups excluding tert-OH is 1. The Balaban J connectivity index is 1.46. The normalized spacial score (nSPS) is 37.9. The molecule has 2 heterocycles. The van der Waals surface area contributed by atoms with Crippen molar-refractivity contribution in [2.75, 3.05) is 18.2 Å². The van der Waals surface area contributed by atoms with E-state index in [-0.39, 0.29) is 41.8 Å². The van der Waals surface area contributed by atoms with Crippen molar-refractivity contribution in [3.8, 4) is 0 Å². The Morgan fingerprint density at radius 1 is 0.963 bits per heavy atom. The van der Waals surface area contributed by atoms with Crippen molar-refractivity contribution < 1.29 is 14.7 Å². The smallest absolute Gasteiger partial charge is 0.246 e. The molecule has 0 aromatic carbocycles. The molecule has 152 valence electrons. The molecule has 6 heteroatoms. The number of amides is 2. The second-order valence-corrected chi connectivity index (χ2v) is 10.2. The van der Waals surface area contributed by atoms with Crippen LogP contribution in [0.15, 0.2) is 0 Å². The molecule has 0 aromatic heterocycles. The summed E-state index contributed by atoms with van der Waals surface area (Å²) in [5.41, 5.74) is 0. The molecule has 2 saturated carbocycles. The van der Waals surface area contributed by atoms with Gasteiger partial charge in [-0.3, -0.25) is 9.59 Å². The van der Waals surface area contributed by atoms with Gasteiger partial charge in [0.05, 0.1) is 12.0 Å². The number of hydrogen-bond acceptors (Lipinski definition) is 4. The number of carbonyl (C=O) groups excluding carboxylic acids is 2. The highest BCUT2D eigenvalue weighted by Crippen LogP contribution is 2.38. The first-order chi connectivity index (χ1) is 13.1. The summed E-state index contributed by atoms with van der Waals surface area (Å²) in [5.74, 6) is 2.69. The average molecular weight is 395 g/mol. The Labute approximate surface area is 167 Å². The van der Waals surface area contributed by atoms with E-state index in [4.69, 9.17) is 0 Å². The number of aliphatic hydroxyl groups is 1. The largest absolute Gasteiger partial charge is 0.393 e. The Morgan fingerprint density at radius 2 is 1.74 bits per heavy atom. The van der Waals surface area contributed by atoms with E-state index in [0.29, 0.717) is 11.8 Å². The summed E-state index contributed by atoms with van der Waals surface area (Å²) >= 11 is 1.71. The van der Waals surface area contributed by atoms with Gasteiger partial charge in [0, 0.05) is 30.2 Å². The van der Waals surface area contributed by atoms with Crippen LogP contribution in [0.1, 0.15) is 64.7 Å². The molecular formula is C21H34N2O3S. The van der Waals surface area contributed by atoms with E-state index < -0.39 is 0 Å². The molecule has 0 spiro atoms. The van der Waals surface area contributed by atoms with Crippen molar-refractivity contribution in [2.24, 2.45) is 17.8 Å². The second-order valence-electron chi connectivity index (χ2n) is 9.20. The maximum Gasteiger partial charge on any atom is 0.246 e. The van der Waals surface area contributed by atoms with Crippen LogP contribution in [-0.2, 0) is 9.59 Å². The molecule has 27 heavy (non-hydrogen) atoms. The van der Waals surface area contributed by atoms with Crippen LogP contribution < -0.4 is 0 Å². The molecule has 1 N–H and O–H groups in total. The summed E-state index contributed by atoms with van der Waals surface area (Å²) in [5, 5.41) is 10.6. The van der Waals surface area contributed by atoms with Crippen LogP contribution in [0.4, 0.5) is 0 Å². The van der Waals surface area contributed by atoms with E-state index in [1.54, 1.807) is 11.8 Å². The van der Waals surface area contributed by atoms with E-state index in [1.807, 2.05) is 9.80 Å². The highest BCUT2D eigenvalue weighted by molar-refractivity contribution is 7.99. The van der Waals surface area contributed by atoms with Crippen LogP contribution >= 0.6 is 11.8 Å². The average Bonchev–Trinajstić information content (AvgIpc) is 3.42. The van der Waals surface area contributed by atoms with Gasteiger partial charge in [-0.2, -0.15) is 0 Å². The Kier molecular flexibility index (Phi) is 6.03. The minimum atomic E-state index is -0.290. The fourth-order valence-corrected chi connectivity index (χ4v) is 6.95. The van der Waals surface area contributed by atoms with E-state index in [2.05, 4.69) is 6.92 Å². The van der Waals surface area contributed by atoms with Gasteiger partial charge in [0.15, 0.2) is 0 Å². The second kappa shape index (κ2) is 8.32. The third-order valence-corrected chi connectivity index (χ3v) is 8.37. The molecule has 0 aromatic rings. The summed E-state index contributed by atoms with van der Waals surface area (Å²) in [6.45, 7) is 3.04. The van der Waals surface area contributed by atoms with Gasteiger partial charge in [-0.25, -0.2) is 0 Å². The molecule has 0 bridgehead atoms. The number of nitrogens with zero attached hydrogens (tertiary/aromatic N) is 2. The van der Waals surface area contributed by atoms with Gasteiger partial charge in [-0.1, -0.05) is 19.8 Å². The van der Waals surface area contributed by atoms with Crippen molar-refractivity contribution in [3.63, 3.8) is 0 Å².